The molecule has 4 rings (SSSR count). The molecule has 120 valence electrons. The Morgan fingerprint density at radius 1 is 1.04 bits per heavy atom. The first-order chi connectivity index (χ1) is 11.8. The lowest BCUT2D eigenvalue weighted by Crippen LogP contribution is -2.32. The molecule has 1 N–H and O–H groups in total. The van der Waals surface area contributed by atoms with Gasteiger partial charge in [0, 0.05) is 42.8 Å². The number of benzene rings is 2. The number of pyridine rings is 1. The van der Waals surface area contributed by atoms with Gasteiger partial charge in [-0.25, -0.2) is 0 Å². The van der Waals surface area contributed by atoms with Crippen LogP contribution in [0.1, 0.15) is 12.0 Å². The number of nitrogens with one attached hydrogen (secondary N) is 1. The first-order valence-electron chi connectivity index (χ1n) is 8.23. The highest BCUT2D eigenvalue weighted by atomic mass is 16.2. The van der Waals surface area contributed by atoms with Crippen LogP contribution in [0.3, 0.4) is 0 Å². The normalized spacial score (nSPS) is 17.6. The topological polar surface area (TPSA) is 45.2 Å². The zero-order valence-corrected chi connectivity index (χ0v) is 13.4. The van der Waals surface area contributed by atoms with Gasteiger partial charge in [-0.05, 0) is 23.8 Å². The van der Waals surface area contributed by atoms with E-state index in [4.69, 9.17) is 0 Å². The first kappa shape index (κ1) is 14.8. The van der Waals surface area contributed by atoms with Crippen molar-refractivity contribution in [2.75, 3.05) is 11.4 Å². The molecule has 1 saturated heterocycles. The van der Waals surface area contributed by atoms with Crippen molar-refractivity contribution >= 4 is 22.5 Å². The molecule has 1 atom stereocenters. The molecule has 1 amide bonds. The van der Waals surface area contributed by atoms with Crippen molar-refractivity contribution in [1.29, 1.82) is 0 Å². The molecule has 2 aromatic carbocycles. The van der Waals surface area contributed by atoms with E-state index in [0.29, 0.717) is 13.0 Å². The summed E-state index contributed by atoms with van der Waals surface area (Å²) in [5.74, 6) is 0.176. The number of nitrogens with zero attached hydrogens (tertiary/aromatic N) is 2. The van der Waals surface area contributed by atoms with Gasteiger partial charge >= 0.3 is 0 Å². The summed E-state index contributed by atoms with van der Waals surface area (Å²) >= 11 is 0. The molecule has 1 aromatic heterocycles. The molecule has 3 aromatic rings. The lowest BCUT2D eigenvalue weighted by atomic mass is 10.1. The number of anilines is 1. The predicted molar refractivity (Wildman–Crippen MR) is 95.8 cm³/mol. The molecule has 4 heteroatoms. The fourth-order valence-corrected chi connectivity index (χ4v) is 3.27. The van der Waals surface area contributed by atoms with Gasteiger partial charge in [0.2, 0.25) is 5.91 Å². The van der Waals surface area contributed by atoms with E-state index in [0.717, 1.165) is 23.1 Å². The number of carbonyl (C=O) groups is 1. The van der Waals surface area contributed by atoms with Crippen LogP contribution < -0.4 is 10.2 Å². The van der Waals surface area contributed by atoms with Crippen molar-refractivity contribution < 1.29 is 4.79 Å². The molecule has 0 spiro atoms. The number of carbonyl (C=O) groups excluding carboxylic acids is 1. The summed E-state index contributed by atoms with van der Waals surface area (Å²) in [6, 6.07) is 20.3. The Labute approximate surface area is 141 Å². The van der Waals surface area contributed by atoms with Gasteiger partial charge in [-0.15, -0.1) is 0 Å². The summed E-state index contributed by atoms with van der Waals surface area (Å²) in [6.07, 6.45) is 2.36. The Morgan fingerprint density at radius 3 is 2.75 bits per heavy atom. The molecule has 1 aliphatic rings. The van der Waals surface area contributed by atoms with Crippen molar-refractivity contribution in [1.82, 2.24) is 10.3 Å². The second-order valence-corrected chi connectivity index (χ2v) is 6.11. The third-order valence-corrected chi connectivity index (χ3v) is 4.49. The van der Waals surface area contributed by atoms with Crippen molar-refractivity contribution in [3.8, 4) is 0 Å². The lowest BCUT2D eigenvalue weighted by molar-refractivity contribution is -0.117. The molecule has 0 saturated carbocycles. The van der Waals surface area contributed by atoms with Crippen molar-refractivity contribution in [2.24, 2.45) is 0 Å². The second kappa shape index (κ2) is 6.42. The minimum atomic E-state index is 0.164. The number of fused-ring (bicyclic) bond motifs is 1. The van der Waals surface area contributed by atoms with Crippen molar-refractivity contribution in [2.45, 2.75) is 19.0 Å². The van der Waals surface area contributed by atoms with Crippen LogP contribution in [0.4, 0.5) is 5.69 Å². The van der Waals surface area contributed by atoms with Gasteiger partial charge < -0.3 is 10.2 Å². The third-order valence-electron chi connectivity index (χ3n) is 4.49. The standard InChI is InChI=1S/C20H19N3O/c24-19-12-17(14-23(19)18-9-2-1-3-10-18)22-13-16-7-4-6-15-8-5-11-21-20(15)16/h1-11,17,22H,12-14H2. The van der Waals surface area contributed by atoms with Crippen LogP contribution >= 0.6 is 0 Å². The Balaban J connectivity index is 1.46. The molecule has 0 radical (unpaired) electrons. The lowest BCUT2D eigenvalue weighted by Gasteiger charge is -2.17. The van der Waals surface area contributed by atoms with E-state index in [-0.39, 0.29) is 11.9 Å². The van der Waals surface area contributed by atoms with Crippen LogP contribution in [0.25, 0.3) is 10.9 Å². The van der Waals surface area contributed by atoms with Gasteiger partial charge in [0.1, 0.15) is 0 Å². The maximum atomic E-state index is 12.3. The number of rotatable bonds is 4. The molecule has 1 fully saturated rings. The molecule has 1 unspecified atom stereocenters. The highest BCUT2D eigenvalue weighted by Crippen LogP contribution is 2.22. The molecule has 24 heavy (non-hydrogen) atoms. The van der Waals surface area contributed by atoms with Crippen LogP contribution in [0.5, 0.6) is 0 Å². The van der Waals surface area contributed by atoms with Crippen LogP contribution in [0, 0.1) is 0 Å². The van der Waals surface area contributed by atoms with Crippen LogP contribution in [0.2, 0.25) is 0 Å². The fraction of sp³-hybridized carbons (Fsp3) is 0.200. The zero-order chi connectivity index (χ0) is 16.4. The van der Waals surface area contributed by atoms with E-state index in [2.05, 4.69) is 34.6 Å². The summed E-state index contributed by atoms with van der Waals surface area (Å²) in [5.41, 5.74) is 3.16. The van der Waals surface area contributed by atoms with E-state index >= 15 is 0 Å². The summed E-state index contributed by atoms with van der Waals surface area (Å²) in [6.45, 7) is 1.43. The Bertz CT molecular complexity index is 858. The maximum absolute atomic E-state index is 12.3. The Hall–Kier alpha value is -2.72. The molecular weight excluding hydrogens is 298 g/mol. The van der Waals surface area contributed by atoms with Crippen molar-refractivity contribution in [3.05, 3.63) is 72.4 Å². The van der Waals surface area contributed by atoms with E-state index < -0.39 is 0 Å². The molecule has 0 bridgehead atoms. The summed E-state index contributed by atoms with van der Waals surface area (Å²) in [7, 11) is 0. The molecule has 4 nitrogen and oxygen atoms in total. The van der Waals surface area contributed by atoms with E-state index in [1.54, 1.807) is 0 Å². The summed E-state index contributed by atoms with van der Waals surface area (Å²) < 4.78 is 0. The highest BCUT2D eigenvalue weighted by Gasteiger charge is 2.30. The average molecular weight is 317 g/mol. The highest BCUT2D eigenvalue weighted by molar-refractivity contribution is 5.96. The summed E-state index contributed by atoms with van der Waals surface area (Å²) in [5, 5.41) is 4.66. The Morgan fingerprint density at radius 2 is 1.88 bits per heavy atom. The van der Waals surface area contributed by atoms with Gasteiger partial charge in [0.15, 0.2) is 0 Å². The summed E-state index contributed by atoms with van der Waals surface area (Å²) in [4.78, 5) is 18.6. The van der Waals surface area contributed by atoms with Crippen LogP contribution in [0.15, 0.2) is 66.9 Å². The van der Waals surface area contributed by atoms with Gasteiger partial charge in [0.05, 0.1) is 5.52 Å². The van der Waals surface area contributed by atoms with Gasteiger partial charge in [-0.3, -0.25) is 9.78 Å². The van der Waals surface area contributed by atoms with Crippen LogP contribution in [-0.2, 0) is 11.3 Å². The number of aromatic nitrogens is 1. The SMILES string of the molecule is O=C1CC(NCc2cccc3cccnc23)CN1c1ccccc1. The smallest absolute Gasteiger partial charge is 0.228 e. The number of hydrogen-bond donors (Lipinski definition) is 1. The predicted octanol–water partition coefficient (Wildman–Crippen LogP) is 3.13. The van der Waals surface area contributed by atoms with Crippen molar-refractivity contribution in [3.63, 3.8) is 0 Å². The zero-order valence-electron chi connectivity index (χ0n) is 13.4. The number of hydrogen-bond acceptors (Lipinski definition) is 3. The monoisotopic (exact) mass is 317 g/mol. The van der Waals surface area contributed by atoms with Gasteiger partial charge in [-0.2, -0.15) is 0 Å². The van der Waals surface area contributed by atoms with Crippen LogP contribution in [-0.4, -0.2) is 23.5 Å². The number of para-hydroxylation sites is 2. The Kier molecular flexibility index (Phi) is 3.97. The molecule has 0 aliphatic carbocycles. The molecular formula is C20H19N3O. The average Bonchev–Trinajstić information content (AvgIpc) is 3.01. The minimum absolute atomic E-state index is 0.164. The maximum Gasteiger partial charge on any atom is 0.228 e. The second-order valence-electron chi connectivity index (χ2n) is 6.11. The van der Waals surface area contributed by atoms with E-state index in [9.17, 15) is 4.79 Å². The number of amides is 1. The first-order valence-corrected chi connectivity index (χ1v) is 8.23. The van der Waals surface area contributed by atoms with Gasteiger partial charge in [-0.1, -0.05) is 42.5 Å². The van der Waals surface area contributed by atoms with E-state index in [1.165, 1.54) is 5.56 Å². The molecule has 2 heterocycles. The van der Waals surface area contributed by atoms with Gasteiger partial charge in [0.25, 0.3) is 0 Å². The molecule has 1 aliphatic heterocycles. The minimum Gasteiger partial charge on any atom is -0.311 e. The third kappa shape index (κ3) is 2.88. The fourth-order valence-electron chi connectivity index (χ4n) is 3.27. The van der Waals surface area contributed by atoms with E-state index in [1.807, 2.05) is 47.5 Å². The largest absolute Gasteiger partial charge is 0.311 e. The quantitative estimate of drug-likeness (QED) is 0.804.